The summed E-state index contributed by atoms with van der Waals surface area (Å²) < 4.78 is 28.0. The van der Waals surface area contributed by atoms with E-state index in [0.717, 1.165) is 0 Å². The number of hydrogen-bond acceptors (Lipinski definition) is 3. The molecule has 0 fully saturated rings. The summed E-state index contributed by atoms with van der Waals surface area (Å²) in [4.78, 5) is 10.1. The van der Waals surface area contributed by atoms with E-state index in [1.807, 2.05) is 0 Å². The third-order valence-corrected chi connectivity index (χ3v) is 1.43. The number of Topliss-reactive ketones (excluding diaryl/α,β-unsaturated/α-hetero) is 1. The summed E-state index contributed by atoms with van der Waals surface area (Å²) in [5.41, 5.74) is 0. The number of hydrogen-bond donors (Lipinski definition) is 1. The maximum Gasteiger partial charge on any atom is 1.00 e. The Hall–Kier alpha value is 1.22. The van der Waals surface area contributed by atoms with Gasteiger partial charge in [0.2, 0.25) is 0 Å². The van der Waals surface area contributed by atoms with Gasteiger partial charge >= 0.3 is 51.4 Å². The molecule has 10 heavy (non-hydrogen) atoms. The smallest absolute Gasteiger partial charge is 0.300 e. The van der Waals surface area contributed by atoms with Crippen LogP contribution < -0.4 is 51.4 Å². The van der Waals surface area contributed by atoms with Crippen molar-refractivity contribution in [3.05, 3.63) is 0 Å². The van der Waals surface area contributed by atoms with E-state index >= 15 is 0 Å². The van der Waals surface area contributed by atoms with Crippen molar-refractivity contribution >= 4 is 15.9 Å². The van der Waals surface area contributed by atoms with E-state index in [-0.39, 0.29) is 63.6 Å². The van der Waals surface area contributed by atoms with Gasteiger partial charge in [-0.05, 0) is 6.92 Å². The molecule has 54 valence electrons. The molecule has 0 aliphatic rings. The van der Waals surface area contributed by atoms with Crippen LogP contribution in [0.25, 0.3) is 0 Å². The molecule has 1 N–H and O–H groups in total. The Morgan fingerprint density at radius 1 is 1.50 bits per heavy atom. The van der Waals surface area contributed by atoms with Gasteiger partial charge in [-0.25, -0.2) is 0 Å². The summed E-state index contributed by atoms with van der Waals surface area (Å²) in [5, 5.41) is 0. The second-order valence-corrected chi connectivity index (χ2v) is 3.31. The first-order valence-corrected chi connectivity index (χ1v) is 3.97. The van der Waals surface area contributed by atoms with Gasteiger partial charge in [-0.15, -0.1) is 0 Å². The molecule has 0 unspecified atom stereocenters. The quantitative estimate of drug-likeness (QED) is 0.378. The number of rotatable bonds is 3. The molecule has 6 heteroatoms. The van der Waals surface area contributed by atoms with E-state index in [4.69, 9.17) is 4.55 Å². The zero-order chi connectivity index (χ0) is 7.49. The molecular formula is C4H8KO4S+. The summed E-state index contributed by atoms with van der Waals surface area (Å²) in [6.45, 7) is 1.27. The summed E-state index contributed by atoms with van der Waals surface area (Å²) >= 11 is 0. The number of carbonyl (C=O) groups is 1. The molecule has 0 aromatic carbocycles. The minimum absolute atomic E-state index is 0. The zero-order valence-corrected chi connectivity index (χ0v) is 9.93. The third kappa shape index (κ3) is 11.9. The molecule has 0 aliphatic carbocycles. The average Bonchev–Trinajstić information content (AvgIpc) is 1.59. The van der Waals surface area contributed by atoms with Crippen LogP contribution in [-0.4, -0.2) is 24.5 Å². The van der Waals surface area contributed by atoms with Gasteiger partial charge in [-0.3, -0.25) is 9.35 Å². The van der Waals surface area contributed by atoms with E-state index < -0.39 is 15.9 Å². The summed E-state index contributed by atoms with van der Waals surface area (Å²) in [5.74, 6) is -0.713. The zero-order valence-electron chi connectivity index (χ0n) is 5.99. The molecule has 0 bridgehead atoms. The van der Waals surface area contributed by atoms with Crippen LogP contribution in [0.15, 0.2) is 0 Å². The van der Waals surface area contributed by atoms with Crippen LogP contribution in [0.3, 0.4) is 0 Å². The number of ketones is 1. The normalized spacial score (nSPS) is 10.2. The summed E-state index contributed by atoms with van der Waals surface area (Å²) in [6.07, 6.45) is -0.112. The van der Waals surface area contributed by atoms with Crippen LogP contribution in [0.4, 0.5) is 0 Å². The Labute approximate surface area is 103 Å². The van der Waals surface area contributed by atoms with Crippen molar-refractivity contribution in [2.24, 2.45) is 0 Å². The van der Waals surface area contributed by atoms with Crippen molar-refractivity contribution < 1.29 is 69.1 Å². The predicted molar refractivity (Wildman–Crippen MR) is 31.7 cm³/mol. The Bertz CT molecular complexity index is 195. The molecule has 0 spiro atoms. The SMILES string of the molecule is CC(=O)CCS(=O)(=O)O.[K+]. The van der Waals surface area contributed by atoms with Gasteiger partial charge in [0.1, 0.15) is 5.78 Å². The van der Waals surface area contributed by atoms with Crippen LogP contribution in [0.2, 0.25) is 0 Å². The summed E-state index contributed by atoms with van der Waals surface area (Å²) in [7, 11) is -3.94. The first-order valence-electron chi connectivity index (χ1n) is 2.36. The van der Waals surface area contributed by atoms with Crippen LogP contribution >= 0.6 is 0 Å². The molecule has 0 amide bonds. The number of carbonyl (C=O) groups excluding carboxylic acids is 1. The maximum absolute atomic E-state index is 10.1. The van der Waals surface area contributed by atoms with Crippen LogP contribution in [0, 0.1) is 0 Å². The van der Waals surface area contributed by atoms with Crippen molar-refractivity contribution in [1.82, 2.24) is 0 Å². The van der Waals surface area contributed by atoms with Crippen molar-refractivity contribution in [2.45, 2.75) is 13.3 Å². The van der Waals surface area contributed by atoms with Crippen molar-refractivity contribution in [3.63, 3.8) is 0 Å². The molecule has 4 nitrogen and oxygen atoms in total. The van der Waals surface area contributed by atoms with Crippen LogP contribution in [0.5, 0.6) is 0 Å². The fourth-order valence-electron chi connectivity index (χ4n) is 0.273. The maximum atomic E-state index is 10.1. The van der Waals surface area contributed by atoms with E-state index in [0.29, 0.717) is 0 Å². The fourth-order valence-corrected chi connectivity index (χ4v) is 0.818. The topological polar surface area (TPSA) is 71.4 Å². The molecule has 0 aromatic rings. The second-order valence-electron chi connectivity index (χ2n) is 1.74. The Kier molecular flexibility index (Phi) is 8.01. The Balaban J connectivity index is 0. The fraction of sp³-hybridized carbons (Fsp3) is 0.750. The third-order valence-electron chi connectivity index (χ3n) is 0.712. The van der Waals surface area contributed by atoms with Gasteiger partial charge in [0.15, 0.2) is 0 Å². The van der Waals surface area contributed by atoms with Crippen molar-refractivity contribution in [2.75, 3.05) is 5.75 Å². The van der Waals surface area contributed by atoms with Gasteiger partial charge in [0.25, 0.3) is 10.1 Å². The van der Waals surface area contributed by atoms with E-state index in [1.165, 1.54) is 6.92 Å². The molecule has 0 saturated heterocycles. The molecule has 0 aromatic heterocycles. The first-order chi connectivity index (χ1) is 3.92. The van der Waals surface area contributed by atoms with Crippen LogP contribution in [0.1, 0.15) is 13.3 Å². The summed E-state index contributed by atoms with van der Waals surface area (Å²) in [6, 6.07) is 0. The Morgan fingerprint density at radius 3 is 2.00 bits per heavy atom. The monoisotopic (exact) mass is 191 g/mol. The van der Waals surface area contributed by atoms with Gasteiger partial charge in [-0.1, -0.05) is 0 Å². The van der Waals surface area contributed by atoms with Gasteiger partial charge in [-0.2, -0.15) is 8.42 Å². The van der Waals surface area contributed by atoms with Gasteiger partial charge in [0, 0.05) is 6.42 Å². The second kappa shape index (κ2) is 5.81. The van der Waals surface area contributed by atoms with Crippen molar-refractivity contribution in [1.29, 1.82) is 0 Å². The minimum atomic E-state index is -3.94. The molecule has 0 rings (SSSR count). The Morgan fingerprint density at radius 2 is 1.90 bits per heavy atom. The van der Waals surface area contributed by atoms with Gasteiger partial charge in [0.05, 0.1) is 5.75 Å². The largest absolute Gasteiger partial charge is 1.00 e. The molecular weight excluding hydrogens is 183 g/mol. The molecule has 0 atom stereocenters. The predicted octanol–water partition coefficient (Wildman–Crippen LogP) is -3.14. The molecule has 0 heterocycles. The van der Waals surface area contributed by atoms with Crippen molar-refractivity contribution in [3.8, 4) is 0 Å². The van der Waals surface area contributed by atoms with Crippen LogP contribution in [-0.2, 0) is 14.9 Å². The average molecular weight is 191 g/mol. The van der Waals surface area contributed by atoms with E-state index in [2.05, 4.69) is 0 Å². The minimum Gasteiger partial charge on any atom is -0.300 e. The molecule has 0 aliphatic heterocycles. The van der Waals surface area contributed by atoms with Gasteiger partial charge < -0.3 is 0 Å². The molecule has 0 saturated carbocycles. The molecule has 0 radical (unpaired) electrons. The first kappa shape index (κ1) is 13.8. The van der Waals surface area contributed by atoms with E-state index in [1.54, 1.807) is 0 Å². The standard InChI is InChI=1S/C4H8O4S.K/c1-4(5)2-3-9(6,7)8;/h2-3H2,1H3,(H,6,7,8);/q;+1. The van der Waals surface area contributed by atoms with E-state index in [9.17, 15) is 13.2 Å².